The third-order valence-corrected chi connectivity index (χ3v) is 12.4. The highest BCUT2D eigenvalue weighted by molar-refractivity contribution is 8.03. The van der Waals surface area contributed by atoms with Crippen molar-refractivity contribution in [2.75, 3.05) is 6.61 Å². The van der Waals surface area contributed by atoms with Crippen LogP contribution in [-0.4, -0.2) is 82.2 Å². The second kappa shape index (κ2) is 19.3. The van der Waals surface area contributed by atoms with E-state index in [1.165, 1.54) is 0 Å². The number of carboxylic acid groups (broad SMARTS) is 1. The summed E-state index contributed by atoms with van der Waals surface area (Å²) in [6, 6.07) is 22.4. The Labute approximate surface area is 352 Å². The summed E-state index contributed by atoms with van der Waals surface area (Å²) in [7, 11) is 0. The van der Waals surface area contributed by atoms with E-state index in [4.69, 9.17) is 4.74 Å². The number of hydrogen-bond acceptors (Lipinski definition) is 8. The lowest BCUT2D eigenvalue weighted by Crippen LogP contribution is -2.60. The highest BCUT2D eigenvalue weighted by Gasteiger charge is 2.53. The zero-order valence-corrected chi connectivity index (χ0v) is 33.8. The highest BCUT2D eigenvalue weighted by atomic mass is 32.2. The molecule has 8 rings (SSSR count). The van der Waals surface area contributed by atoms with Crippen LogP contribution in [0.5, 0.6) is 0 Å². The van der Waals surface area contributed by atoms with Crippen molar-refractivity contribution < 1.29 is 38.6 Å². The monoisotopic (exact) mass is 831 g/mol. The van der Waals surface area contributed by atoms with E-state index in [2.05, 4.69) is 26.6 Å². The maximum atomic E-state index is 14.6. The van der Waals surface area contributed by atoms with Crippen molar-refractivity contribution in [2.24, 2.45) is 5.92 Å². The van der Waals surface area contributed by atoms with E-state index in [0.717, 1.165) is 22.3 Å². The van der Waals surface area contributed by atoms with Crippen molar-refractivity contribution in [3.63, 3.8) is 0 Å². The number of carbonyl (C=O) groups is 6. The lowest BCUT2D eigenvalue weighted by molar-refractivity contribution is -0.144. The zero-order valence-electron chi connectivity index (χ0n) is 33.0. The van der Waals surface area contributed by atoms with Crippen molar-refractivity contribution in [1.82, 2.24) is 26.6 Å². The Bertz CT molecular complexity index is 2150. The van der Waals surface area contributed by atoms with Gasteiger partial charge in [0.25, 0.3) is 5.91 Å². The minimum atomic E-state index is -1.42. The Morgan fingerprint density at radius 2 is 1.43 bits per heavy atom. The van der Waals surface area contributed by atoms with Crippen LogP contribution in [0.4, 0.5) is 0 Å². The van der Waals surface area contributed by atoms with Gasteiger partial charge in [-0.05, 0) is 84.8 Å². The SMILES string of the molecule is O=C1COC2=CCC(C=C2)C(C(=O)NC2(C(=O)O)CC2)NC(=O)[C@@H](CCc2ccccc2)NC(=O)[C@H](Cc2ccc(-c3ccccc3)cc2)NC(=O)[C@@H](CC2CC=CS2)N1. The molecule has 2 bridgehead atoms. The molecular formula is C46H49N5O8S. The smallest absolute Gasteiger partial charge is 0.329 e. The van der Waals surface area contributed by atoms with Crippen LogP contribution in [0, 0.1) is 5.92 Å². The lowest BCUT2D eigenvalue weighted by Gasteiger charge is -2.30. The molecule has 5 aliphatic rings. The minimum absolute atomic E-state index is 0.0278. The summed E-state index contributed by atoms with van der Waals surface area (Å²) < 4.78 is 5.81. The molecule has 13 nitrogen and oxygen atoms in total. The summed E-state index contributed by atoms with van der Waals surface area (Å²) in [5, 5.41) is 26.0. The van der Waals surface area contributed by atoms with E-state index >= 15 is 0 Å². The molecule has 0 radical (unpaired) electrons. The molecule has 6 atom stereocenters. The maximum Gasteiger partial charge on any atom is 0.329 e. The quantitative estimate of drug-likeness (QED) is 0.155. The van der Waals surface area contributed by atoms with Gasteiger partial charge < -0.3 is 36.4 Å². The summed E-state index contributed by atoms with van der Waals surface area (Å²) in [6.45, 7) is -0.400. The number of fused-ring (bicyclic) bond motifs is 14. The molecule has 3 aliphatic heterocycles. The molecule has 2 aliphatic carbocycles. The van der Waals surface area contributed by atoms with Crippen LogP contribution in [0.2, 0.25) is 0 Å². The summed E-state index contributed by atoms with van der Waals surface area (Å²) >= 11 is 1.57. The summed E-state index contributed by atoms with van der Waals surface area (Å²) in [4.78, 5) is 82.5. The van der Waals surface area contributed by atoms with Crippen molar-refractivity contribution >= 4 is 47.3 Å². The van der Waals surface area contributed by atoms with Crippen molar-refractivity contribution in [3.05, 3.63) is 132 Å². The fraction of sp³-hybridized carbons (Fsp3) is 0.348. The van der Waals surface area contributed by atoms with Gasteiger partial charge in [-0.3, -0.25) is 24.0 Å². The summed E-state index contributed by atoms with van der Waals surface area (Å²) in [6.07, 6.45) is 9.31. The minimum Gasteiger partial charge on any atom is -0.484 e. The largest absolute Gasteiger partial charge is 0.484 e. The molecule has 0 saturated heterocycles. The number of carboxylic acids is 1. The number of thioether (sulfide) groups is 1. The predicted molar refractivity (Wildman–Crippen MR) is 227 cm³/mol. The first-order valence-corrected chi connectivity index (χ1v) is 21.3. The van der Waals surface area contributed by atoms with Crippen molar-refractivity contribution in [2.45, 2.75) is 86.3 Å². The predicted octanol–water partition coefficient (Wildman–Crippen LogP) is 4.10. The Morgan fingerprint density at radius 1 is 0.767 bits per heavy atom. The van der Waals surface area contributed by atoms with Crippen LogP contribution in [-0.2, 0) is 46.3 Å². The number of benzene rings is 3. The summed E-state index contributed by atoms with van der Waals surface area (Å²) in [5.41, 5.74) is 2.23. The number of allylic oxidation sites excluding steroid dienone is 3. The number of nitrogens with one attached hydrogen (secondary N) is 5. The normalized spacial score (nSPS) is 25.3. The van der Waals surface area contributed by atoms with Crippen LogP contribution in [0.1, 0.15) is 49.7 Å². The Morgan fingerprint density at radius 3 is 2.08 bits per heavy atom. The summed E-state index contributed by atoms with van der Waals surface area (Å²) in [5.74, 6) is -4.47. The van der Waals surface area contributed by atoms with Crippen molar-refractivity contribution in [3.8, 4) is 11.1 Å². The average Bonchev–Trinajstić information content (AvgIpc) is 3.87. The van der Waals surface area contributed by atoms with E-state index < -0.39 is 77.7 Å². The van der Waals surface area contributed by atoms with E-state index in [1.54, 1.807) is 30.0 Å². The first-order valence-electron chi connectivity index (χ1n) is 20.3. The van der Waals surface area contributed by atoms with E-state index in [-0.39, 0.29) is 37.4 Å². The third kappa shape index (κ3) is 10.9. The van der Waals surface area contributed by atoms with E-state index in [1.807, 2.05) is 96.4 Å². The number of carbonyl (C=O) groups excluding carboxylic acids is 5. The van der Waals surface area contributed by atoms with Crippen LogP contribution in [0.15, 0.2) is 120 Å². The molecule has 5 amide bonds. The standard InChI is InChI=1S/C46H49N5O8S/c52-39-28-59-34-20-18-33(19-21-34)40(44(56)51-46(23-24-46)45(57)58)50-41(53)36(22-15-29-8-3-1-4-9-29)48-42(54)37(49-43(55)38(47-39)27-35-12-7-25-60-35)26-30-13-16-32(17-14-30)31-10-5-2-6-11-31/h1-11,13-14,16-18,20-21,25,33,35-38,40H,12,15,19,22-24,26-28H2,(H,47,52)(H,48,54)(H,49,55)(H,50,53)(H,51,56)(H,57,58)/t33?,35?,36-,37+,38-,40?/m1/s1. The first kappa shape index (κ1) is 42.0. The highest BCUT2D eigenvalue weighted by Crippen LogP contribution is 2.36. The molecule has 14 heteroatoms. The van der Waals surface area contributed by atoms with Crippen LogP contribution >= 0.6 is 11.8 Å². The van der Waals surface area contributed by atoms with Gasteiger partial charge in [-0.15, -0.1) is 11.8 Å². The Hall–Kier alpha value is -6.15. The fourth-order valence-corrected chi connectivity index (χ4v) is 8.53. The molecule has 0 aromatic heterocycles. The Kier molecular flexibility index (Phi) is 13.5. The molecule has 312 valence electrons. The number of aryl methyl sites for hydroxylation is 1. The van der Waals surface area contributed by atoms with Gasteiger partial charge >= 0.3 is 5.97 Å². The van der Waals surface area contributed by atoms with Gasteiger partial charge in [0.15, 0.2) is 6.61 Å². The number of hydrogen-bond donors (Lipinski definition) is 6. The van der Waals surface area contributed by atoms with Gasteiger partial charge in [-0.25, -0.2) is 4.79 Å². The van der Waals surface area contributed by atoms with Crippen LogP contribution < -0.4 is 26.6 Å². The number of amides is 5. The molecule has 6 N–H and O–H groups in total. The van der Waals surface area contributed by atoms with E-state index in [0.29, 0.717) is 25.0 Å². The van der Waals surface area contributed by atoms with E-state index in [9.17, 15) is 33.9 Å². The number of rotatable bonds is 11. The van der Waals surface area contributed by atoms with Crippen LogP contribution in [0.3, 0.4) is 0 Å². The second-order valence-corrected chi connectivity index (χ2v) is 16.9. The zero-order chi connectivity index (χ0) is 42.1. The van der Waals surface area contributed by atoms with Crippen LogP contribution in [0.25, 0.3) is 11.1 Å². The lowest BCUT2D eigenvalue weighted by atomic mass is 9.90. The average molecular weight is 832 g/mol. The second-order valence-electron chi connectivity index (χ2n) is 15.7. The molecule has 1 saturated carbocycles. The molecule has 60 heavy (non-hydrogen) atoms. The van der Waals surface area contributed by atoms with Gasteiger partial charge in [0.05, 0.1) is 0 Å². The first-order chi connectivity index (χ1) is 29.0. The molecule has 3 heterocycles. The Balaban J connectivity index is 1.21. The molecule has 0 spiro atoms. The molecule has 3 unspecified atom stereocenters. The molecule has 3 aromatic rings. The van der Waals surface area contributed by atoms with Gasteiger partial charge in [0.1, 0.15) is 35.5 Å². The van der Waals surface area contributed by atoms with Gasteiger partial charge in [0.2, 0.25) is 23.6 Å². The topological polar surface area (TPSA) is 192 Å². The number of ether oxygens (including phenoxy) is 1. The van der Waals surface area contributed by atoms with Crippen molar-refractivity contribution in [1.29, 1.82) is 0 Å². The third-order valence-electron chi connectivity index (χ3n) is 11.2. The fourth-order valence-electron chi connectivity index (χ4n) is 7.56. The van der Waals surface area contributed by atoms with Gasteiger partial charge in [0, 0.05) is 17.6 Å². The number of aliphatic carboxylic acids is 1. The molecular weight excluding hydrogens is 783 g/mol. The molecule has 1 fully saturated rings. The van der Waals surface area contributed by atoms with Gasteiger partial charge in [-0.1, -0.05) is 97.1 Å². The van der Waals surface area contributed by atoms with Gasteiger partial charge in [-0.2, -0.15) is 0 Å². The maximum absolute atomic E-state index is 14.6. The molecule has 3 aromatic carbocycles.